The highest BCUT2D eigenvalue weighted by atomic mass is 19.4. The van der Waals surface area contributed by atoms with E-state index in [0.717, 1.165) is 74.2 Å². The number of amides is 4. The summed E-state index contributed by atoms with van der Waals surface area (Å²) in [5.74, 6) is -6.80. The van der Waals surface area contributed by atoms with Crippen LogP contribution in [-0.4, -0.2) is 175 Å². The van der Waals surface area contributed by atoms with Gasteiger partial charge in [-0.1, -0.05) is 51.8 Å². The quantitative estimate of drug-likeness (QED) is 0.0398. The molecule has 6 aromatic carbocycles. The Morgan fingerprint density at radius 2 is 0.776 bits per heavy atom. The van der Waals surface area contributed by atoms with Crippen LogP contribution in [0.25, 0.3) is 33.4 Å². The monoisotopic (exact) mass is 1630 g/mol. The Balaban J connectivity index is 0.000000184. The molecule has 6 heterocycles. The summed E-state index contributed by atoms with van der Waals surface area (Å²) < 4.78 is 215. The van der Waals surface area contributed by atoms with Crippen LogP contribution in [0.4, 0.5) is 100.0 Å². The van der Waals surface area contributed by atoms with E-state index in [9.17, 15) is 90.1 Å². The van der Waals surface area contributed by atoms with Crippen molar-refractivity contribution in [1.29, 1.82) is 0 Å². The maximum Gasteiger partial charge on any atom is 0.573 e. The lowest BCUT2D eigenvalue weighted by atomic mass is 9.99. The summed E-state index contributed by atoms with van der Waals surface area (Å²) in [7, 11) is 5.87. The Labute approximate surface area is 656 Å². The highest BCUT2D eigenvalue weighted by Gasteiger charge is 2.43. The fourth-order valence-corrected chi connectivity index (χ4v) is 12.8. The molecule has 0 aromatic heterocycles. The van der Waals surface area contributed by atoms with Crippen molar-refractivity contribution >= 4 is 57.8 Å². The van der Waals surface area contributed by atoms with Crippen molar-refractivity contribution in [3.63, 3.8) is 0 Å². The number of nitrogens with two attached hydrogens (primary N) is 1. The zero-order valence-electron chi connectivity index (χ0n) is 63.0. The molecule has 3 saturated heterocycles. The second-order valence-electron chi connectivity index (χ2n) is 28.0. The number of benzene rings is 6. The number of primary amides is 1. The van der Waals surface area contributed by atoms with Gasteiger partial charge in [0.15, 0.2) is 0 Å². The number of carbonyl (C=O) groups is 4. The maximum atomic E-state index is 14.9. The van der Waals surface area contributed by atoms with Gasteiger partial charge in [-0.25, -0.2) is 13.2 Å². The van der Waals surface area contributed by atoms with Gasteiger partial charge in [0.25, 0.3) is 23.6 Å². The largest absolute Gasteiger partial charge is 0.573 e. The Bertz CT molecular complexity index is 5000. The molecule has 616 valence electrons. The van der Waals surface area contributed by atoms with Crippen LogP contribution in [-0.2, 0) is 14.4 Å². The van der Waals surface area contributed by atoms with Gasteiger partial charge < -0.3 is 81.6 Å². The van der Waals surface area contributed by atoms with Crippen molar-refractivity contribution in [3.05, 3.63) is 233 Å². The van der Waals surface area contributed by atoms with E-state index >= 15 is 0 Å². The molecule has 0 aliphatic carbocycles. The van der Waals surface area contributed by atoms with Crippen LogP contribution in [0.1, 0.15) is 24.2 Å². The third-order valence-corrected chi connectivity index (χ3v) is 18.9. The first-order valence-corrected chi connectivity index (χ1v) is 35.8. The number of alkyl halides is 12. The minimum atomic E-state index is -5.00. The average molecular weight is 1630 g/mol. The third kappa shape index (κ3) is 21.8. The number of phenols is 1. The van der Waals surface area contributed by atoms with E-state index in [2.05, 4.69) is 71.1 Å². The van der Waals surface area contributed by atoms with Gasteiger partial charge in [0, 0.05) is 137 Å². The average Bonchev–Trinajstić information content (AvgIpc) is 0.790. The molecule has 0 radical (unpaired) electrons. The van der Waals surface area contributed by atoms with Crippen molar-refractivity contribution in [3.8, 4) is 50.6 Å². The van der Waals surface area contributed by atoms with Crippen molar-refractivity contribution in [2.75, 3.05) is 137 Å². The normalized spacial score (nSPS) is 16.6. The summed E-state index contributed by atoms with van der Waals surface area (Å²) in [5, 5.41) is 25.2. The molecule has 6 aromatic rings. The Morgan fingerprint density at radius 3 is 1.09 bits per heavy atom. The number of hydrogen-bond acceptors (Lipinski definition) is 16. The molecule has 0 spiro atoms. The number of aromatic hydroxyl groups is 1. The standard InChI is InChI=1S/C29H32F4N4O2.C26H23F7N4O2.C26H25F4N5O3/c1-18(2)17-39-21-6-7-25(30)22(15-21)20-5-8-27(37-11-9-36(4)10-12-37)26(14-20)35-28(38)23-16-34-19(3)13-24(23)29(31,32)33;1-15-11-20(25(28,29)30)19(14-34-15)24(38)35-22-12-16(3-6-23(22)37-9-7-36(2)8-10-37)18-13-17(4-5-21(18)27)39-26(31,32)33;1-14-9-19(26(28,29)30)18(13-32-14)25(38)33-21-10-15(3-4-22(21)35-7-5-34(2)6-8-35)16-11-17(24(31)37)23(36)12-20(16)27/h5-8,13-16,18,34H,3,9-12,17H2,1-2,4H3,(H,35,38);3-6,11-14,34H,1,7-10H2,2H3,(H,35,38);3-4,9-13,32,36H,1,5-8H2,2H3,(H2,31,37)(H,33,38). The number of piperazine rings is 3. The van der Waals surface area contributed by atoms with Gasteiger partial charge in [0.1, 0.15) is 34.7 Å². The second kappa shape index (κ2) is 35.7. The summed E-state index contributed by atoms with van der Waals surface area (Å²) in [4.78, 5) is 63.4. The maximum absolute atomic E-state index is 14.9. The molecule has 0 atom stereocenters. The predicted molar refractivity (Wildman–Crippen MR) is 411 cm³/mol. The van der Waals surface area contributed by atoms with E-state index in [1.807, 2.05) is 49.7 Å². The lowest BCUT2D eigenvalue weighted by Crippen LogP contribution is -2.44. The van der Waals surface area contributed by atoms with E-state index in [1.54, 1.807) is 42.5 Å². The van der Waals surface area contributed by atoms with Gasteiger partial charge in [-0.3, -0.25) is 19.2 Å². The number of rotatable bonds is 17. The Morgan fingerprint density at radius 1 is 0.457 bits per heavy atom. The van der Waals surface area contributed by atoms with Crippen molar-refractivity contribution in [2.24, 2.45) is 11.7 Å². The minimum absolute atomic E-state index is 0.0223. The van der Waals surface area contributed by atoms with Crippen molar-refractivity contribution in [2.45, 2.75) is 38.7 Å². The lowest BCUT2D eigenvalue weighted by Gasteiger charge is -2.35. The van der Waals surface area contributed by atoms with Crippen LogP contribution in [0.2, 0.25) is 0 Å². The zero-order valence-corrected chi connectivity index (χ0v) is 63.0. The Kier molecular flexibility index (Phi) is 26.6. The topological polar surface area (TPSA) is 225 Å². The van der Waals surface area contributed by atoms with Crippen LogP contribution in [0, 0.1) is 23.4 Å². The number of ether oxygens (including phenoxy) is 2. The summed E-state index contributed by atoms with van der Waals surface area (Å²) in [6.07, 6.45) is -14.4. The first kappa shape index (κ1) is 86.3. The van der Waals surface area contributed by atoms with Gasteiger partial charge in [-0.15, -0.1) is 13.2 Å². The smallest absolute Gasteiger partial charge is 0.507 e. The van der Waals surface area contributed by atoms with Gasteiger partial charge in [-0.05, 0) is 141 Å². The highest BCUT2D eigenvalue weighted by molar-refractivity contribution is 6.11. The first-order chi connectivity index (χ1) is 54.5. The summed E-state index contributed by atoms with van der Waals surface area (Å²) in [5.41, 5.74) is 2.23. The number of anilines is 6. The Hall–Kier alpha value is -12.1. The van der Waals surface area contributed by atoms with Gasteiger partial charge in [-0.2, -0.15) is 39.5 Å². The molecule has 3 fully saturated rings. The number of halogens is 15. The molecule has 12 rings (SSSR count). The van der Waals surface area contributed by atoms with Gasteiger partial charge in [0.05, 0.1) is 79.7 Å². The molecule has 0 saturated carbocycles. The molecule has 4 amide bonds. The van der Waals surface area contributed by atoms with E-state index in [1.165, 1.54) is 30.3 Å². The van der Waals surface area contributed by atoms with Crippen LogP contribution < -0.4 is 61.8 Å². The molecule has 116 heavy (non-hydrogen) atoms. The highest BCUT2D eigenvalue weighted by Crippen LogP contribution is 2.43. The van der Waals surface area contributed by atoms with Crippen molar-refractivity contribution in [1.82, 2.24) is 30.7 Å². The summed E-state index contributed by atoms with van der Waals surface area (Å²) in [6.45, 7) is 22.7. The molecule has 0 unspecified atom stereocenters. The van der Waals surface area contributed by atoms with Gasteiger partial charge in [0.2, 0.25) is 0 Å². The lowest BCUT2D eigenvalue weighted by molar-refractivity contribution is -0.274. The molecule has 6 aliphatic heterocycles. The number of nitrogens with zero attached hydrogens (tertiary/aromatic N) is 6. The molecule has 0 bridgehead atoms. The number of carbonyl (C=O) groups excluding carboxylic acids is 4. The fourth-order valence-electron chi connectivity index (χ4n) is 12.8. The van der Waals surface area contributed by atoms with Crippen molar-refractivity contribution < 1.29 is 99.6 Å². The van der Waals surface area contributed by atoms with Crippen LogP contribution in [0.5, 0.6) is 17.2 Å². The number of hydrogen-bond donors (Lipinski definition) is 8. The van der Waals surface area contributed by atoms with Crippen LogP contribution >= 0.6 is 0 Å². The van der Waals surface area contributed by atoms with Gasteiger partial charge >= 0.3 is 24.9 Å². The van der Waals surface area contributed by atoms with Crippen LogP contribution in [0.3, 0.4) is 0 Å². The number of allylic oxidation sites excluding steroid dienone is 3. The predicted octanol–water partition coefficient (Wildman–Crippen LogP) is 14.8. The van der Waals surface area contributed by atoms with E-state index in [0.29, 0.717) is 107 Å². The van der Waals surface area contributed by atoms with E-state index in [-0.39, 0.29) is 73.5 Å². The zero-order chi connectivity index (χ0) is 84.6. The van der Waals surface area contributed by atoms with E-state index < -0.39 is 111 Å². The van der Waals surface area contributed by atoms with Crippen LogP contribution in [0.15, 0.2) is 210 Å². The third-order valence-electron chi connectivity index (χ3n) is 18.9. The number of dihydropyridines is 3. The molecule has 35 heteroatoms. The number of nitrogens with one attached hydrogen (secondary N) is 6. The molecule has 6 aliphatic rings. The first-order valence-electron chi connectivity index (χ1n) is 35.8. The fraction of sp³-hybridized carbons (Fsp3) is 0.284. The number of likely N-dealkylation sites (N-methyl/N-ethyl adjacent to an activating group) is 3. The SMILES string of the molecule is C=C1C=C(C(F)(F)F)C(C(=O)Nc2cc(-c3cc(C(N)=O)c(O)cc3F)ccc2N2CCN(C)CC2)=CN1.C=C1C=C(C(F)(F)F)C(C(=O)Nc2cc(-c3cc(OC(F)(F)F)ccc3F)ccc2N2CCN(C)CC2)=CN1.C=C1C=C(C(F)(F)F)C(C(=O)Nc2cc(-c3cc(OCC(C)C)ccc3F)ccc2N2CCN(C)CC2)=CN1. The minimum Gasteiger partial charge on any atom is -0.507 e. The molecular formula is C81H80F15N13O7. The summed E-state index contributed by atoms with van der Waals surface area (Å²) >= 11 is 0. The molecule has 9 N–H and O–H groups in total. The molecule has 20 nitrogen and oxygen atoms in total. The second-order valence-corrected chi connectivity index (χ2v) is 28.0. The van der Waals surface area contributed by atoms with E-state index in [4.69, 9.17) is 10.5 Å². The molecular weight excluding hydrogens is 1550 g/mol. The summed E-state index contributed by atoms with van der Waals surface area (Å²) in [6, 6.07) is 22.6.